The summed E-state index contributed by atoms with van der Waals surface area (Å²) in [5.41, 5.74) is 14.4. The van der Waals surface area contributed by atoms with Crippen LogP contribution in [0.4, 0.5) is 17.2 Å². The molecule has 412 valence electrons. The number of aliphatic hydroxyl groups is 1. The average molecular weight is 1080 g/mol. The van der Waals surface area contributed by atoms with Crippen molar-refractivity contribution in [1.82, 2.24) is 40.4 Å². The van der Waals surface area contributed by atoms with Crippen molar-refractivity contribution in [2.24, 2.45) is 5.92 Å². The summed E-state index contributed by atoms with van der Waals surface area (Å²) in [6, 6.07) is 22.5. The number of para-hydroxylation sites is 1. The van der Waals surface area contributed by atoms with Gasteiger partial charge in [0, 0.05) is 100 Å². The van der Waals surface area contributed by atoms with Crippen LogP contribution in [0.25, 0.3) is 21.7 Å². The molecule has 78 heavy (non-hydrogen) atoms. The second kappa shape index (κ2) is 23.2. The highest BCUT2D eigenvalue weighted by Crippen LogP contribution is 2.41. The van der Waals surface area contributed by atoms with Crippen molar-refractivity contribution in [1.29, 1.82) is 0 Å². The number of pyridine rings is 1. The summed E-state index contributed by atoms with van der Waals surface area (Å²) in [5, 5.41) is 37.2. The van der Waals surface area contributed by atoms with E-state index in [1.165, 1.54) is 4.90 Å². The Balaban J connectivity index is 0.604. The van der Waals surface area contributed by atoms with Crippen LogP contribution < -0.4 is 30.3 Å². The fourth-order valence-electron chi connectivity index (χ4n) is 12.2. The Morgan fingerprint density at radius 3 is 2.38 bits per heavy atom. The summed E-state index contributed by atoms with van der Waals surface area (Å²) in [4.78, 5) is 47.0. The maximum atomic E-state index is 14.3. The number of phenols is 1. The van der Waals surface area contributed by atoms with Crippen LogP contribution in [0, 0.1) is 12.8 Å². The van der Waals surface area contributed by atoms with E-state index in [0.29, 0.717) is 54.2 Å². The van der Waals surface area contributed by atoms with Gasteiger partial charge < -0.3 is 54.7 Å². The number of nitrogen functional groups attached to an aromatic ring is 1. The molecule has 4 aromatic heterocycles. The Bertz CT molecular complexity index is 3020. The number of nitrogens with zero attached hydrogens (tertiary/aromatic N) is 9. The Labute approximate surface area is 459 Å². The summed E-state index contributed by atoms with van der Waals surface area (Å²) in [6.07, 6.45) is 7.89. The molecule has 8 heterocycles. The number of phenolic OH excluding ortho intramolecular Hbond substituents is 1. The molecule has 5 aliphatic rings. The van der Waals surface area contributed by atoms with Gasteiger partial charge in [0.2, 0.25) is 17.7 Å². The predicted octanol–water partition coefficient (Wildman–Crippen LogP) is 7.54. The first-order chi connectivity index (χ1) is 37.8. The minimum atomic E-state index is -0.828. The summed E-state index contributed by atoms with van der Waals surface area (Å²) < 4.78 is 24.8. The van der Waals surface area contributed by atoms with Gasteiger partial charge in [0.15, 0.2) is 11.6 Å². The van der Waals surface area contributed by atoms with Crippen LogP contribution in [0.1, 0.15) is 101 Å². The molecule has 0 spiro atoms. The zero-order valence-electron chi connectivity index (χ0n) is 44.8. The number of thiazole rings is 1. The van der Waals surface area contributed by atoms with E-state index in [1.807, 2.05) is 81.9 Å². The number of rotatable bonds is 19. The minimum absolute atomic E-state index is 0.0552. The first kappa shape index (κ1) is 53.1. The molecular formula is C58H71N11O8S. The maximum absolute atomic E-state index is 14.3. The summed E-state index contributed by atoms with van der Waals surface area (Å²) in [5.74, 6) is 0.366. The molecule has 11 rings (SSSR count). The third kappa shape index (κ3) is 11.5. The lowest BCUT2D eigenvalue weighted by molar-refractivity contribution is -0.141. The number of hydrogen-bond donors (Lipinski definition) is 4. The summed E-state index contributed by atoms with van der Waals surface area (Å²) in [7, 11) is 0. The van der Waals surface area contributed by atoms with Gasteiger partial charge in [-0.2, -0.15) is 0 Å². The molecule has 5 N–H and O–H groups in total. The number of benzene rings is 2. The Morgan fingerprint density at radius 1 is 0.897 bits per heavy atom. The lowest BCUT2D eigenvalue weighted by atomic mass is 9.91. The average Bonchev–Trinajstić information content (AvgIpc) is 4.36. The number of likely N-dealkylation sites (tertiary alicyclic amines) is 2. The van der Waals surface area contributed by atoms with E-state index < -0.39 is 18.1 Å². The van der Waals surface area contributed by atoms with Gasteiger partial charge in [-0.05, 0) is 85.5 Å². The molecule has 1 aliphatic carbocycles. The van der Waals surface area contributed by atoms with E-state index in [0.717, 1.165) is 97.8 Å². The molecule has 2 aromatic carbocycles. The smallest absolute Gasteiger partial charge is 0.254 e. The molecule has 2 amide bonds. The number of aliphatic hydroxyl groups excluding tert-OH is 1. The first-order valence-electron chi connectivity index (χ1n) is 27.7. The number of piperidine rings is 1. The summed E-state index contributed by atoms with van der Waals surface area (Å²) >= 11 is 1.60. The van der Waals surface area contributed by atoms with E-state index in [4.69, 9.17) is 24.5 Å². The third-order valence-electron chi connectivity index (χ3n) is 16.4. The number of carbonyl (C=O) groups excluding carboxylic acids is 2. The van der Waals surface area contributed by atoms with Gasteiger partial charge in [-0.1, -0.05) is 57.2 Å². The maximum Gasteiger partial charge on any atom is 0.254 e. The number of amides is 2. The Kier molecular flexibility index (Phi) is 15.8. The number of carbonyl (C=O) groups is 2. The van der Waals surface area contributed by atoms with Crippen molar-refractivity contribution in [3.8, 4) is 39.2 Å². The van der Waals surface area contributed by atoms with E-state index >= 15 is 0 Å². The molecule has 5 fully saturated rings. The number of ether oxygens (including phenoxy) is 3. The molecule has 0 radical (unpaired) electrons. The van der Waals surface area contributed by atoms with Crippen LogP contribution in [-0.2, 0) is 14.3 Å². The monoisotopic (exact) mass is 1080 g/mol. The van der Waals surface area contributed by atoms with Crippen LogP contribution in [0.3, 0.4) is 0 Å². The lowest BCUT2D eigenvalue weighted by Gasteiger charge is -2.43. The quantitative estimate of drug-likeness (QED) is 0.0614. The predicted molar refractivity (Wildman–Crippen MR) is 296 cm³/mol. The molecule has 6 atom stereocenters. The fraction of sp³-hybridized carbons (Fsp3) is 0.500. The number of β-amino-alcohol motifs (C(OH)–C–C–N with tert-alkyl or cyclic N) is 1. The minimum Gasteiger partial charge on any atom is -0.507 e. The molecule has 20 heteroatoms. The molecule has 19 nitrogen and oxygen atoms in total. The van der Waals surface area contributed by atoms with E-state index in [9.17, 15) is 19.8 Å². The van der Waals surface area contributed by atoms with E-state index in [-0.39, 0.29) is 72.9 Å². The highest BCUT2D eigenvalue weighted by molar-refractivity contribution is 7.13. The van der Waals surface area contributed by atoms with E-state index in [1.54, 1.807) is 29.5 Å². The van der Waals surface area contributed by atoms with Crippen molar-refractivity contribution >= 4 is 40.3 Å². The van der Waals surface area contributed by atoms with E-state index in [2.05, 4.69) is 57.5 Å². The van der Waals surface area contributed by atoms with Gasteiger partial charge in [0.05, 0.1) is 51.8 Å². The van der Waals surface area contributed by atoms with Crippen molar-refractivity contribution in [2.75, 3.05) is 61.4 Å². The normalized spacial score (nSPS) is 23.3. The third-order valence-corrected chi connectivity index (χ3v) is 17.4. The van der Waals surface area contributed by atoms with Crippen molar-refractivity contribution in [3.63, 3.8) is 0 Å². The van der Waals surface area contributed by atoms with Crippen LogP contribution in [0.2, 0.25) is 0 Å². The molecule has 6 aromatic rings. The van der Waals surface area contributed by atoms with Crippen LogP contribution in [0.15, 0.2) is 89.0 Å². The molecule has 2 unspecified atom stereocenters. The van der Waals surface area contributed by atoms with Crippen molar-refractivity contribution < 1.29 is 38.5 Å². The zero-order valence-corrected chi connectivity index (χ0v) is 45.6. The number of fused-ring (bicyclic) bond motifs is 2. The van der Waals surface area contributed by atoms with Gasteiger partial charge in [-0.3, -0.25) is 14.5 Å². The number of nitrogens with one attached hydrogen (secondary N) is 1. The molecule has 1 saturated carbocycles. The number of piperazine rings is 1. The van der Waals surface area contributed by atoms with Gasteiger partial charge in [-0.15, -0.1) is 21.5 Å². The first-order valence-corrected chi connectivity index (χ1v) is 28.6. The number of hydrogen-bond acceptors (Lipinski definition) is 18. The number of aromatic hydroxyl groups is 1. The molecule has 2 bridgehead atoms. The SMILES string of the molecule is CC[C@H](NC(=O)[C@@H]1C[C@@H](O)CN1C(=O)[C@@H](c1cc(OCCN2CCC(OC3CC(Oc4cc(N5C6CCC5CN(c5cc(-c7ccccc7O)nnc5N)C6)ccn4)C3)CC2)no1)C(C)C)c1ccc(-c2scnc2C)cc1. The molecule has 4 aliphatic heterocycles. The molecule has 4 saturated heterocycles. The number of aromatic nitrogens is 5. The van der Waals surface area contributed by atoms with Gasteiger partial charge in [-0.25, -0.2) is 9.97 Å². The largest absolute Gasteiger partial charge is 0.507 e. The zero-order chi connectivity index (χ0) is 54.0. The fourth-order valence-corrected chi connectivity index (χ4v) is 13.0. The van der Waals surface area contributed by atoms with Crippen LogP contribution >= 0.6 is 11.3 Å². The number of nitrogens with two attached hydrogens (primary N) is 1. The Hall–Kier alpha value is -6.87. The Morgan fingerprint density at radius 2 is 1.67 bits per heavy atom. The number of anilines is 3. The van der Waals surface area contributed by atoms with Crippen molar-refractivity contribution in [2.45, 2.75) is 134 Å². The highest BCUT2D eigenvalue weighted by Gasteiger charge is 2.45. The lowest BCUT2D eigenvalue weighted by Crippen LogP contribution is -2.54. The second-order valence-electron chi connectivity index (χ2n) is 22.0. The van der Waals surface area contributed by atoms with Gasteiger partial charge in [0.1, 0.15) is 30.4 Å². The number of aryl methyl sites for hydroxylation is 1. The summed E-state index contributed by atoms with van der Waals surface area (Å²) in [6.45, 7) is 12.4. The van der Waals surface area contributed by atoms with Crippen LogP contribution in [0.5, 0.6) is 17.5 Å². The topological polar surface area (TPSA) is 231 Å². The van der Waals surface area contributed by atoms with Gasteiger partial charge >= 0.3 is 0 Å². The van der Waals surface area contributed by atoms with Crippen LogP contribution in [-0.4, -0.2) is 146 Å². The standard InChI is InChI=1S/C58H71N11O8S/c1-5-46(36-10-12-37(13-11-36)55-35(4)61-33-78-55)62-57(72)49-25-41(70)32-68(49)58(73)54(34(2)3)51-29-53(65-77-51)74-23-22-66-20-17-42(18-21-66)75-43-26-44(27-43)76-52-24-38(16-19-60-52)69-39-14-15-40(69)31-67(30-39)48-28-47(63-64-56(48)59)45-8-6-7-9-50(45)71/h6-13,16,19,24,28-29,33-34,39-44,46,49,54,70-71H,5,14-15,17-18,20-23,25-27,30-32H2,1-4H3,(H2,59,64)(H,62,72)/t39?,40?,41-,43?,44?,46+,49+,54-/m1/s1. The highest BCUT2D eigenvalue weighted by atomic mass is 32.1. The second-order valence-corrected chi connectivity index (χ2v) is 22.8. The van der Waals surface area contributed by atoms with Gasteiger partial charge in [0.25, 0.3) is 5.88 Å². The van der Waals surface area contributed by atoms with Crippen molar-refractivity contribution in [3.05, 3.63) is 102 Å². The molecular weight excluding hydrogens is 1010 g/mol.